The molecule has 0 amide bonds. The Kier molecular flexibility index (Phi) is 5.03. The number of rotatable bonds is 6. The second-order valence-electron chi connectivity index (χ2n) is 7.72. The molecule has 158 valence electrons. The van der Waals surface area contributed by atoms with Crippen LogP contribution in [-0.2, 0) is 13.0 Å². The molecule has 5 rings (SSSR count). The van der Waals surface area contributed by atoms with E-state index in [2.05, 4.69) is 40.7 Å². The summed E-state index contributed by atoms with van der Waals surface area (Å²) < 4.78 is 8.13. The molecular formula is C26H21N3O3. The van der Waals surface area contributed by atoms with Gasteiger partial charge in [0.05, 0.1) is 11.8 Å². The summed E-state index contributed by atoms with van der Waals surface area (Å²) in [5.41, 5.74) is 5.86. The Hall–Kier alpha value is -4.19. The third kappa shape index (κ3) is 3.78. The summed E-state index contributed by atoms with van der Waals surface area (Å²) in [7, 11) is 0. The Morgan fingerprint density at radius 1 is 1.00 bits per heavy atom. The number of nitrogens with zero attached hydrogens (tertiary/aromatic N) is 3. The first-order chi connectivity index (χ1) is 15.6. The van der Waals surface area contributed by atoms with Crippen LogP contribution < -0.4 is 0 Å². The van der Waals surface area contributed by atoms with Gasteiger partial charge in [0, 0.05) is 12.1 Å². The number of carboxylic acids is 1. The summed E-state index contributed by atoms with van der Waals surface area (Å²) in [5.74, 6) is 0.439. The van der Waals surface area contributed by atoms with E-state index in [-0.39, 0.29) is 5.56 Å². The van der Waals surface area contributed by atoms with Gasteiger partial charge in [-0.2, -0.15) is 0 Å². The molecule has 0 fully saturated rings. The van der Waals surface area contributed by atoms with Gasteiger partial charge < -0.3 is 14.1 Å². The molecule has 3 aromatic carbocycles. The molecule has 2 heterocycles. The second kappa shape index (κ2) is 8.15. The lowest BCUT2D eigenvalue weighted by Crippen LogP contribution is -2.06. The van der Waals surface area contributed by atoms with Gasteiger partial charge in [0.15, 0.2) is 5.58 Å². The smallest absolute Gasteiger partial charge is 0.335 e. The van der Waals surface area contributed by atoms with Gasteiger partial charge in [-0.25, -0.2) is 14.8 Å². The maximum Gasteiger partial charge on any atom is 0.335 e. The Balaban J connectivity index is 1.53. The van der Waals surface area contributed by atoms with Crippen molar-refractivity contribution in [3.8, 4) is 23.0 Å². The van der Waals surface area contributed by atoms with Crippen LogP contribution in [0.25, 0.3) is 34.1 Å². The zero-order valence-electron chi connectivity index (χ0n) is 17.5. The Morgan fingerprint density at radius 3 is 2.47 bits per heavy atom. The average Bonchev–Trinajstić information content (AvgIpc) is 3.42. The lowest BCUT2D eigenvalue weighted by atomic mass is 10.1. The van der Waals surface area contributed by atoms with E-state index in [0.717, 1.165) is 33.7 Å². The molecular weight excluding hydrogens is 402 g/mol. The van der Waals surface area contributed by atoms with Crippen LogP contribution in [0.15, 0.2) is 83.4 Å². The number of aromatic nitrogens is 3. The minimum Gasteiger partial charge on any atom is -0.478 e. The molecule has 1 N–H and O–H groups in total. The van der Waals surface area contributed by atoms with E-state index < -0.39 is 5.97 Å². The molecule has 0 radical (unpaired) electrons. The Bertz CT molecular complexity index is 1360. The van der Waals surface area contributed by atoms with Crippen molar-refractivity contribution in [2.75, 3.05) is 0 Å². The number of para-hydroxylation sites is 2. The maximum absolute atomic E-state index is 11.1. The van der Waals surface area contributed by atoms with Crippen molar-refractivity contribution in [1.82, 2.24) is 14.5 Å². The summed E-state index contributed by atoms with van der Waals surface area (Å²) in [6, 6.07) is 22.9. The van der Waals surface area contributed by atoms with Gasteiger partial charge in [0.25, 0.3) is 0 Å². The van der Waals surface area contributed by atoms with E-state index >= 15 is 0 Å². The third-order valence-corrected chi connectivity index (χ3v) is 5.50. The summed E-state index contributed by atoms with van der Waals surface area (Å²) in [6.07, 6.45) is 2.51. The van der Waals surface area contributed by atoms with Crippen molar-refractivity contribution < 1.29 is 14.3 Å². The Morgan fingerprint density at radius 2 is 1.75 bits per heavy atom. The van der Waals surface area contributed by atoms with Gasteiger partial charge in [0.2, 0.25) is 5.89 Å². The number of hydrogen-bond acceptors (Lipinski definition) is 4. The molecule has 6 heteroatoms. The zero-order valence-corrected chi connectivity index (χ0v) is 17.5. The third-order valence-electron chi connectivity index (χ3n) is 5.50. The van der Waals surface area contributed by atoms with Crippen LogP contribution in [0.5, 0.6) is 0 Å². The highest BCUT2D eigenvalue weighted by atomic mass is 16.4. The second-order valence-corrected chi connectivity index (χ2v) is 7.72. The van der Waals surface area contributed by atoms with Gasteiger partial charge in [-0.3, -0.25) is 0 Å². The molecule has 32 heavy (non-hydrogen) atoms. The largest absolute Gasteiger partial charge is 0.478 e. The van der Waals surface area contributed by atoms with Gasteiger partial charge >= 0.3 is 5.97 Å². The Labute approximate surface area is 184 Å². The van der Waals surface area contributed by atoms with E-state index in [1.165, 1.54) is 5.56 Å². The van der Waals surface area contributed by atoms with E-state index in [1.807, 2.05) is 36.4 Å². The number of aryl methyl sites for hydroxylation is 2. The van der Waals surface area contributed by atoms with E-state index in [4.69, 9.17) is 14.5 Å². The highest BCUT2D eigenvalue weighted by Gasteiger charge is 2.18. The van der Waals surface area contributed by atoms with Crippen LogP contribution in [0.4, 0.5) is 0 Å². The minimum atomic E-state index is -0.925. The molecule has 2 aromatic heterocycles. The van der Waals surface area contributed by atoms with E-state index in [0.29, 0.717) is 18.9 Å². The SMILES string of the molecule is Cc1ccc(-c2ncc(-c3nc4ccccc4o3)n2CCc2ccc(C(=O)O)cc2)cc1. The molecule has 0 aliphatic heterocycles. The normalized spacial score (nSPS) is 11.2. The molecule has 0 unspecified atom stereocenters. The van der Waals surface area contributed by atoms with Crippen LogP contribution in [0.1, 0.15) is 21.5 Å². The number of benzene rings is 3. The molecule has 0 aliphatic rings. The van der Waals surface area contributed by atoms with Gasteiger partial charge in [-0.15, -0.1) is 0 Å². The van der Waals surface area contributed by atoms with E-state index in [9.17, 15) is 4.79 Å². The highest BCUT2D eigenvalue weighted by molar-refractivity contribution is 5.87. The van der Waals surface area contributed by atoms with Crippen molar-refractivity contribution in [1.29, 1.82) is 0 Å². The molecule has 6 nitrogen and oxygen atoms in total. The zero-order chi connectivity index (χ0) is 22.1. The summed E-state index contributed by atoms with van der Waals surface area (Å²) in [4.78, 5) is 20.5. The van der Waals surface area contributed by atoms with Crippen molar-refractivity contribution in [2.45, 2.75) is 19.9 Å². The summed E-state index contributed by atoms with van der Waals surface area (Å²) in [5, 5.41) is 9.13. The predicted octanol–water partition coefficient (Wildman–Crippen LogP) is 5.61. The number of aromatic carboxylic acids is 1. The van der Waals surface area contributed by atoms with E-state index in [1.54, 1.807) is 18.3 Å². The highest BCUT2D eigenvalue weighted by Crippen LogP contribution is 2.29. The van der Waals surface area contributed by atoms with Crippen molar-refractivity contribution in [3.05, 3.63) is 95.7 Å². The summed E-state index contributed by atoms with van der Waals surface area (Å²) >= 11 is 0. The number of oxazole rings is 1. The van der Waals surface area contributed by atoms with Crippen molar-refractivity contribution in [2.24, 2.45) is 0 Å². The fraction of sp³-hybridized carbons (Fsp3) is 0.115. The molecule has 0 saturated heterocycles. The molecule has 0 atom stereocenters. The summed E-state index contributed by atoms with van der Waals surface area (Å²) in [6.45, 7) is 2.70. The predicted molar refractivity (Wildman–Crippen MR) is 123 cm³/mol. The van der Waals surface area contributed by atoms with Crippen LogP contribution in [0.2, 0.25) is 0 Å². The van der Waals surface area contributed by atoms with Gasteiger partial charge in [0.1, 0.15) is 17.0 Å². The number of carboxylic acid groups (broad SMARTS) is 1. The van der Waals surface area contributed by atoms with Crippen LogP contribution in [0.3, 0.4) is 0 Å². The fourth-order valence-electron chi connectivity index (χ4n) is 3.74. The molecule has 0 aliphatic carbocycles. The number of carbonyl (C=O) groups is 1. The lowest BCUT2D eigenvalue weighted by Gasteiger charge is -2.11. The molecule has 0 saturated carbocycles. The minimum absolute atomic E-state index is 0.281. The van der Waals surface area contributed by atoms with Crippen LogP contribution >= 0.6 is 0 Å². The number of fused-ring (bicyclic) bond motifs is 1. The quantitative estimate of drug-likeness (QED) is 0.384. The number of imidazole rings is 1. The first-order valence-electron chi connectivity index (χ1n) is 10.4. The first kappa shape index (κ1) is 19.8. The van der Waals surface area contributed by atoms with Crippen molar-refractivity contribution >= 4 is 17.1 Å². The molecule has 5 aromatic rings. The fourth-order valence-corrected chi connectivity index (χ4v) is 3.74. The standard InChI is InChI=1S/C26H21N3O3/c1-17-6-10-19(11-7-17)24-27-16-22(25-28-21-4-2-3-5-23(21)32-25)29(24)15-14-18-8-12-20(13-9-18)26(30)31/h2-13,16H,14-15H2,1H3,(H,30,31). The first-order valence-corrected chi connectivity index (χ1v) is 10.4. The molecule has 0 spiro atoms. The topological polar surface area (TPSA) is 81.2 Å². The average molecular weight is 423 g/mol. The molecule has 0 bridgehead atoms. The van der Waals surface area contributed by atoms with Crippen LogP contribution in [0, 0.1) is 6.92 Å². The lowest BCUT2D eigenvalue weighted by molar-refractivity contribution is 0.0697. The monoisotopic (exact) mass is 423 g/mol. The number of hydrogen-bond donors (Lipinski definition) is 1. The maximum atomic E-state index is 11.1. The van der Waals surface area contributed by atoms with Gasteiger partial charge in [-0.1, -0.05) is 54.1 Å². The van der Waals surface area contributed by atoms with Crippen LogP contribution in [-0.4, -0.2) is 25.6 Å². The van der Waals surface area contributed by atoms with Gasteiger partial charge in [-0.05, 0) is 43.2 Å². The van der Waals surface area contributed by atoms with Crippen molar-refractivity contribution in [3.63, 3.8) is 0 Å².